The molecule has 0 saturated carbocycles. The number of halogens is 3. The Kier molecular flexibility index (Phi) is 3.30. The van der Waals surface area contributed by atoms with E-state index in [0.717, 1.165) is 12.1 Å². The summed E-state index contributed by atoms with van der Waals surface area (Å²) in [5, 5.41) is 0. The topological polar surface area (TPSA) is 46.3 Å². The Morgan fingerprint density at radius 1 is 1.28 bits per heavy atom. The van der Waals surface area contributed by atoms with Crippen LogP contribution in [0.1, 0.15) is 17.3 Å². The van der Waals surface area contributed by atoms with Gasteiger partial charge in [0.05, 0.1) is 5.56 Å². The van der Waals surface area contributed by atoms with Crippen molar-refractivity contribution in [2.24, 2.45) is 11.7 Å². The van der Waals surface area contributed by atoms with Gasteiger partial charge in [-0.1, -0.05) is 6.92 Å². The predicted octanol–water partition coefficient (Wildman–Crippen LogP) is 1.52. The molecule has 2 atom stereocenters. The van der Waals surface area contributed by atoms with E-state index in [4.69, 9.17) is 5.73 Å². The first-order valence-electron chi connectivity index (χ1n) is 5.60. The van der Waals surface area contributed by atoms with Crippen molar-refractivity contribution in [2.45, 2.75) is 13.0 Å². The average molecular weight is 258 g/mol. The third-order valence-corrected chi connectivity index (χ3v) is 3.22. The van der Waals surface area contributed by atoms with Gasteiger partial charge in [-0.3, -0.25) is 4.79 Å². The quantitative estimate of drug-likeness (QED) is 0.776. The van der Waals surface area contributed by atoms with E-state index < -0.39 is 28.9 Å². The molecule has 1 aromatic carbocycles. The summed E-state index contributed by atoms with van der Waals surface area (Å²) in [7, 11) is 0. The summed E-state index contributed by atoms with van der Waals surface area (Å²) in [5.41, 5.74) is 5.29. The van der Waals surface area contributed by atoms with E-state index in [2.05, 4.69) is 0 Å². The molecule has 2 rings (SSSR count). The second kappa shape index (κ2) is 4.61. The molecule has 2 N–H and O–H groups in total. The summed E-state index contributed by atoms with van der Waals surface area (Å²) in [6.07, 6.45) is 0. The van der Waals surface area contributed by atoms with Gasteiger partial charge in [0.1, 0.15) is 0 Å². The number of amides is 1. The lowest BCUT2D eigenvalue weighted by atomic mass is 10.1. The summed E-state index contributed by atoms with van der Waals surface area (Å²) < 4.78 is 39.3. The maximum atomic E-state index is 13.5. The van der Waals surface area contributed by atoms with Crippen molar-refractivity contribution in [3.63, 3.8) is 0 Å². The molecule has 0 aliphatic carbocycles. The molecule has 2 unspecified atom stereocenters. The van der Waals surface area contributed by atoms with E-state index in [9.17, 15) is 18.0 Å². The Balaban J connectivity index is 2.28. The van der Waals surface area contributed by atoms with Crippen molar-refractivity contribution in [1.29, 1.82) is 0 Å². The van der Waals surface area contributed by atoms with E-state index in [-0.39, 0.29) is 12.0 Å². The molecule has 1 fully saturated rings. The van der Waals surface area contributed by atoms with E-state index in [1.807, 2.05) is 6.92 Å². The molecule has 18 heavy (non-hydrogen) atoms. The first-order valence-corrected chi connectivity index (χ1v) is 5.60. The van der Waals surface area contributed by atoms with E-state index >= 15 is 0 Å². The molecule has 1 aliphatic heterocycles. The maximum Gasteiger partial charge on any atom is 0.257 e. The molecule has 6 heteroatoms. The van der Waals surface area contributed by atoms with Crippen LogP contribution < -0.4 is 5.73 Å². The number of likely N-dealkylation sites (tertiary alicyclic amines) is 1. The van der Waals surface area contributed by atoms with Gasteiger partial charge in [0, 0.05) is 19.1 Å². The molecule has 1 aliphatic rings. The third kappa shape index (κ3) is 2.08. The minimum atomic E-state index is -1.63. The molecule has 0 aromatic heterocycles. The number of nitrogens with two attached hydrogens (primary N) is 1. The molecule has 1 amide bonds. The van der Waals surface area contributed by atoms with Crippen LogP contribution in [-0.4, -0.2) is 29.9 Å². The van der Waals surface area contributed by atoms with Crippen molar-refractivity contribution < 1.29 is 18.0 Å². The first-order chi connectivity index (χ1) is 8.41. The standard InChI is InChI=1S/C12H13F3N2O/c1-6-4-17(5-9(6)16)12(18)7-2-3-8(13)11(15)10(7)14/h2-3,6,9H,4-5,16H2,1H3. The van der Waals surface area contributed by atoms with Crippen LogP contribution in [-0.2, 0) is 0 Å². The Labute approximate surface area is 102 Å². The van der Waals surface area contributed by atoms with E-state index in [1.165, 1.54) is 4.90 Å². The summed E-state index contributed by atoms with van der Waals surface area (Å²) in [6.45, 7) is 2.55. The number of hydrogen-bond donors (Lipinski definition) is 1. The number of benzene rings is 1. The Morgan fingerprint density at radius 2 is 1.94 bits per heavy atom. The second-order valence-corrected chi connectivity index (χ2v) is 4.57. The molecule has 0 bridgehead atoms. The molecule has 1 aromatic rings. The lowest BCUT2D eigenvalue weighted by Crippen LogP contribution is -2.32. The highest BCUT2D eigenvalue weighted by molar-refractivity contribution is 5.94. The fraction of sp³-hybridized carbons (Fsp3) is 0.417. The molecule has 1 saturated heterocycles. The van der Waals surface area contributed by atoms with Crippen LogP contribution >= 0.6 is 0 Å². The van der Waals surface area contributed by atoms with Gasteiger partial charge in [-0.15, -0.1) is 0 Å². The van der Waals surface area contributed by atoms with Gasteiger partial charge in [-0.05, 0) is 18.1 Å². The number of carbonyl (C=O) groups excluding carboxylic acids is 1. The summed E-state index contributed by atoms with van der Waals surface area (Å²) in [6, 6.07) is 1.51. The van der Waals surface area contributed by atoms with Crippen molar-refractivity contribution in [3.05, 3.63) is 35.1 Å². The minimum Gasteiger partial charge on any atom is -0.337 e. The zero-order valence-electron chi connectivity index (χ0n) is 9.79. The van der Waals surface area contributed by atoms with Crippen LogP contribution in [0.5, 0.6) is 0 Å². The molecule has 98 valence electrons. The highest BCUT2D eigenvalue weighted by atomic mass is 19.2. The van der Waals surface area contributed by atoms with Gasteiger partial charge in [-0.2, -0.15) is 0 Å². The highest BCUT2D eigenvalue weighted by Crippen LogP contribution is 2.21. The van der Waals surface area contributed by atoms with Crippen LogP contribution in [0, 0.1) is 23.4 Å². The molecular formula is C12H13F3N2O. The van der Waals surface area contributed by atoms with Crippen LogP contribution in [0.15, 0.2) is 12.1 Å². The SMILES string of the molecule is CC1CN(C(=O)c2ccc(F)c(F)c2F)CC1N. The molecule has 1 heterocycles. The molecule has 0 spiro atoms. The zero-order chi connectivity index (χ0) is 13.4. The lowest BCUT2D eigenvalue weighted by Gasteiger charge is -2.16. The minimum absolute atomic E-state index is 0.0994. The Bertz CT molecular complexity index is 482. The summed E-state index contributed by atoms with van der Waals surface area (Å²) in [4.78, 5) is 13.3. The fourth-order valence-corrected chi connectivity index (χ4v) is 2.02. The van der Waals surface area contributed by atoms with Gasteiger partial charge in [0.15, 0.2) is 17.5 Å². The average Bonchev–Trinajstić information content (AvgIpc) is 2.66. The zero-order valence-corrected chi connectivity index (χ0v) is 9.79. The Hall–Kier alpha value is -1.56. The van der Waals surface area contributed by atoms with E-state index in [0.29, 0.717) is 13.1 Å². The van der Waals surface area contributed by atoms with Crippen molar-refractivity contribution >= 4 is 5.91 Å². The van der Waals surface area contributed by atoms with Crippen LogP contribution in [0.25, 0.3) is 0 Å². The molecular weight excluding hydrogens is 245 g/mol. The van der Waals surface area contributed by atoms with Crippen molar-refractivity contribution in [1.82, 2.24) is 4.90 Å². The van der Waals surface area contributed by atoms with E-state index in [1.54, 1.807) is 0 Å². The number of nitrogens with zero attached hydrogens (tertiary/aromatic N) is 1. The lowest BCUT2D eigenvalue weighted by molar-refractivity contribution is 0.0781. The molecule has 0 radical (unpaired) electrons. The van der Waals surface area contributed by atoms with Crippen LogP contribution in [0.3, 0.4) is 0 Å². The first kappa shape index (κ1) is 12.9. The van der Waals surface area contributed by atoms with Gasteiger partial charge in [-0.25, -0.2) is 13.2 Å². The van der Waals surface area contributed by atoms with Gasteiger partial charge in [0.25, 0.3) is 5.91 Å². The number of hydrogen-bond acceptors (Lipinski definition) is 2. The smallest absolute Gasteiger partial charge is 0.257 e. The summed E-state index contributed by atoms with van der Waals surface area (Å²) >= 11 is 0. The maximum absolute atomic E-state index is 13.5. The van der Waals surface area contributed by atoms with Crippen molar-refractivity contribution in [2.75, 3.05) is 13.1 Å². The van der Waals surface area contributed by atoms with Gasteiger partial charge < -0.3 is 10.6 Å². The highest BCUT2D eigenvalue weighted by Gasteiger charge is 2.32. The second-order valence-electron chi connectivity index (χ2n) is 4.57. The largest absolute Gasteiger partial charge is 0.337 e. The van der Waals surface area contributed by atoms with Gasteiger partial charge >= 0.3 is 0 Å². The monoisotopic (exact) mass is 258 g/mol. The Morgan fingerprint density at radius 3 is 2.50 bits per heavy atom. The van der Waals surface area contributed by atoms with Crippen molar-refractivity contribution in [3.8, 4) is 0 Å². The number of rotatable bonds is 1. The fourth-order valence-electron chi connectivity index (χ4n) is 2.02. The third-order valence-electron chi connectivity index (χ3n) is 3.22. The molecule has 3 nitrogen and oxygen atoms in total. The van der Waals surface area contributed by atoms with Crippen LogP contribution in [0.4, 0.5) is 13.2 Å². The van der Waals surface area contributed by atoms with Gasteiger partial charge in [0.2, 0.25) is 0 Å². The normalized spacial score (nSPS) is 23.5. The number of carbonyl (C=O) groups is 1. The van der Waals surface area contributed by atoms with Crippen LogP contribution in [0.2, 0.25) is 0 Å². The summed E-state index contributed by atoms with van der Waals surface area (Å²) in [5.74, 6) is -4.95. The predicted molar refractivity (Wildman–Crippen MR) is 59.4 cm³/mol.